The number of carbonyl (C=O) groups is 1. The van der Waals surface area contributed by atoms with Crippen molar-refractivity contribution in [2.75, 3.05) is 19.1 Å². The van der Waals surface area contributed by atoms with Crippen LogP contribution in [0.25, 0.3) is 0 Å². The number of nitrogens with zero attached hydrogens (tertiary/aromatic N) is 1. The maximum absolute atomic E-state index is 11.2. The van der Waals surface area contributed by atoms with E-state index in [2.05, 4.69) is 15.3 Å². The maximum Gasteiger partial charge on any atom is 0.370 e. The SMILES string of the molecule is CCOC(=O)/C(Cl)=N\Nc1ccc(OC)cc1Cl. The summed E-state index contributed by atoms with van der Waals surface area (Å²) in [5.74, 6) is -0.0812. The summed E-state index contributed by atoms with van der Waals surface area (Å²) in [6.45, 7) is 1.91. The molecular weight excluding hydrogens is 279 g/mol. The summed E-state index contributed by atoms with van der Waals surface area (Å²) < 4.78 is 9.66. The molecule has 0 bridgehead atoms. The van der Waals surface area contributed by atoms with Crippen LogP contribution in [0.2, 0.25) is 5.02 Å². The van der Waals surface area contributed by atoms with Crippen LogP contribution < -0.4 is 10.2 Å². The molecule has 0 fully saturated rings. The zero-order valence-electron chi connectivity index (χ0n) is 9.87. The van der Waals surface area contributed by atoms with Gasteiger partial charge < -0.3 is 9.47 Å². The Labute approximate surface area is 115 Å². The molecule has 0 aromatic heterocycles. The first-order valence-electron chi connectivity index (χ1n) is 5.08. The predicted molar refractivity (Wildman–Crippen MR) is 71.5 cm³/mol. The number of esters is 1. The Bertz CT molecular complexity index is 464. The fourth-order valence-electron chi connectivity index (χ4n) is 1.06. The van der Waals surface area contributed by atoms with Gasteiger partial charge in [0.1, 0.15) is 5.75 Å². The summed E-state index contributed by atoms with van der Waals surface area (Å²) in [4.78, 5) is 11.2. The number of methoxy groups -OCH3 is 1. The van der Waals surface area contributed by atoms with Crippen molar-refractivity contribution in [1.82, 2.24) is 0 Å². The van der Waals surface area contributed by atoms with E-state index in [1.807, 2.05) is 0 Å². The van der Waals surface area contributed by atoms with E-state index in [1.54, 1.807) is 25.1 Å². The molecule has 18 heavy (non-hydrogen) atoms. The minimum atomic E-state index is -0.698. The van der Waals surface area contributed by atoms with Gasteiger partial charge >= 0.3 is 5.97 Å². The van der Waals surface area contributed by atoms with Gasteiger partial charge in [0, 0.05) is 6.07 Å². The van der Waals surface area contributed by atoms with Gasteiger partial charge in [-0.05, 0) is 19.1 Å². The molecule has 0 spiro atoms. The van der Waals surface area contributed by atoms with Gasteiger partial charge in [0.25, 0.3) is 0 Å². The molecule has 0 saturated heterocycles. The average molecular weight is 291 g/mol. The second-order valence-corrected chi connectivity index (χ2v) is 3.85. The van der Waals surface area contributed by atoms with Crippen molar-refractivity contribution in [3.8, 4) is 5.75 Å². The molecule has 0 saturated carbocycles. The number of rotatable bonds is 5. The maximum atomic E-state index is 11.2. The number of hydrazone groups is 1. The van der Waals surface area contributed by atoms with Gasteiger partial charge in [0.15, 0.2) is 0 Å². The smallest absolute Gasteiger partial charge is 0.370 e. The highest BCUT2D eigenvalue weighted by Crippen LogP contribution is 2.26. The summed E-state index contributed by atoms with van der Waals surface area (Å²) in [6.07, 6.45) is 0. The van der Waals surface area contributed by atoms with Gasteiger partial charge in [-0.25, -0.2) is 4.79 Å². The van der Waals surface area contributed by atoms with E-state index >= 15 is 0 Å². The molecule has 0 aliphatic heterocycles. The van der Waals surface area contributed by atoms with E-state index < -0.39 is 5.97 Å². The first-order valence-corrected chi connectivity index (χ1v) is 5.84. The van der Waals surface area contributed by atoms with Gasteiger partial charge in [-0.1, -0.05) is 23.2 Å². The number of anilines is 1. The van der Waals surface area contributed by atoms with Crippen LogP contribution in [-0.4, -0.2) is 24.9 Å². The van der Waals surface area contributed by atoms with Crippen molar-refractivity contribution < 1.29 is 14.3 Å². The molecule has 0 heterocycles. The third kappa shape index (κ3) is 4.09. The van der Waals surface area contributed by atoms with Crippen molar-refractivity contribution in [2.24, 2.45) is 5.10 Å². The van der Waals surface area contributed by atoms with Crippen LogP contribution in [0.15, 0.2) is 23.3 Å². The molecule has 1 aromatic rings. The first kappa shape index (κ1) is 14.6. The topological polar surface area (TPSA) is 59.9 Å². The van der Waals surface area contributed by atoms with Crippen LogP contribution in [0, 0.1) is 0 Å². The van der Waals surface area contributed by atoms with Crippen molar-refractivity contribution in [2.45, 2.75) is 6.92 Å². The highest BCUT2D eigenvalue weighted by atomic mass is 35.5. The minimum Gasteiger partial charge on any atom is -0.497 e. The van der Waals surface area contributed by atoms with Crippen LogP contribution in [-0.2, 0) is 9.53 Å². The highest BCUT2D eigenvalue weighted by molar-refractivity contribution is 6.82. The standard InChI is InChI=1S/C11H12Cl2N2O3/c1-3-18-11(16)10(13)15-14-9-5-4-7(17-2)6-8(9)12/h4-6,14H,3H2,1-2H3/b15-10+. The van der Waals surface area contributed by atoms with Gasteiger partial charge in [0.05, 0.1) is 24.4 Å². The Balaban J connectivity index is 2.73. The molecule has 7 heteroatoms. The van der Waals surface area contributed by atoms with E-state index in [1.165, 1.54) is 7.11 Å². The summed E-state index contributed by atoms with van der Waals surface area (Å²) in [6, 6.07) is 4.96. The first-order chi connectivity index (χ1) is 8.58. The van der Waals surface area contributed by atoms with Crippen LogP contribution in [0.3, 0.4) is 0 Å². The molecule has 98 valence electrons. The molecule has 0 unspecified atom stereocenters. The lowest BCUT2D eigenvalue weighted by atomic mass is 10.3. The van der Waals surface area contributed by atoms with Gasteiger partial charge in [-0.3, -0.25) is 5.43 Å². The Morgan fingerprint density at radius 3 is 2.78 bits per heavy atom. The summed E-state index contributed by atoms with van der Waals surface area (Å²) >= 11 is 11.6. The van der Waals surface area contributed by atoms with Gasteiger partial charge in [-0.2, -0.15) is 5.10 Å². The van der Waals surface area contributed by atoms with Crippen LogP contribution >= 0.6 is 23.2 Å². The number of halogens is 2. The summed E-state index contributed by atoms with van der Waals surface area (Å²) in [7, 11) is 1.54. The number of hydrogen-bond donors (Lipinski definition) is 1. The zero-order valence-corrected chi connectivity index (χ0v) is 11.4. The quantitative estimate of drug-likeness (QED) is 0.515. The number of hydrogen-bond acceptors (Lipinski definition) is 5. The average Bonchev–Trinajstić information content (AvgIpc) is 2.37. The van der Waals surface area contributed by atoms with Crippen LogP contribution in [0.4, 0.5) is 5.69 Å². The summed E-state index contributed by atoms with van der Waals surface area (Å²) in [5.41, 5.74) is 3.07. The third-order valence-electron chi connectivity index (χ3n) is 1.89. The monoisotopic (exact) mass is 290 g/mol. The second-order valence-electron chi connectivity index (χ2n) is 3.08. The van der Waals surface area contributed by atoms with Crippen LogP contribution in [0.5, 0.6) is 5.75 Å². The Kier molecular flexibility index (Phi) is 5.74. The van der Waals surface area contributed by atoms with E-state index in [0.29, 0.717) is 16.5 Å². The molecule has 0 atom stereocenters. The Hall–Kier alpha value is -1.46. The third-order valence-corrected chi connectivity index (χ3v) is 2.45. The largest absolute Gasteiger partial charge is 0.497 e. The molecule has 5 nitrogen and oxygen atoms in total. The number of ether oxygens (including phenoxy) is 2. The Morgan fingerprint density at radius 2 is 2.22 bits per heavy atom. The second kappa shape index (κ2) is 7.08. The molecule has 0 amide bonds. The lowest BCUT2D eigenvalue weighted by Crippen LogP contribution is -2.13. The lowest BCUT2D eigenvalue weighted by molar-refractivity contribution is -0.134. The number of nitrogens with one attached hydrogen (secondary N) is 1. The Morgan fingerprint density at radius 1 is 1.50 bits per heavy atom. The lowest BCUT2D eigenvalue weighted by Gasteiger charge is -2.06. The molecule has 0 radical (unpaired) electrons. The van der Waals surface area contributed by atoms with Crippen molar-refractivity contribution >= 4 is 40.0 Å². The van der Waals surface area contributed by atoms with Crippen molar-refractivity contribution in [3.63, 3.8) is 0 Å². The fraction of sp³-hybridized carbons (Fsp3) is 0.273. The molecule has 0 aliphatic rings. The number of carbonyl (C=O) groups excluding carboxylic acids is 1. The number of benzene rings is 1. The van der Waals surface area contributed by atoms with E-state index in [-0.39, 0.29) is 11.8 Å². The summed E-state index contributed by atoms with van der Waals surface area (Å²) in [5, 5.41) is 3.75. The van der Waals surface area contributed by atoms with Gasteiger partial charge in [0.2, 0.25) is 5.17 Å². The minimum absolute atomic E-state index is 0.230. The predicted octanol–water partition coefficient (Wildman–Crippen LogP) is 2.88. The molecule has 1 aromatic carbocycles. The fourth-order valence-corrected chi connectivity index (χ4v) is 1.37. The van der Waals surface area contributed by atoms with E-state index in [9.17, 15) is 4.79 Å². The van der Waals surface area contributed by atoms with E-state index in [4.69, 9.17) is 27.9 Å². The van der Waals surface area contributed by atoms with Crippen molar-refractivity contribution in [3.05, 3.63) is 23.2 Å². The highest BCUT2D eigenvalue weighted by Gasteiger charge is 2.09. The molecular formula is C11H12Cl2N2O3. The van der Waals surface area contributed by atoms with Crippen LogP contribution in [0.1, 0.15) is 6.92 Å². The van der Waals surface area contributed by atoms with E-state index in [0.717, 1.165) is 0 Å². The molecule has 1 N–H and O–H groups in total. The van der Waals surface area contributed by atoms with Crippen molar-refractivity contribution in [1.29, 1.82) is 0 Å². The molecule has 1 rings (SSSR count). The van der Waals surface area contributed by atoms with Gasteiger partial charge in [-0.15, -0.1) is 0 Å². The zero-order chi connectivity index (χ0) is 13.5. The molecule has 0 aliphatic carbocycles. The normalized spacial score (nSPS) is 11.0.